The molecular formula is C83H147N9O34S2. The Labute approximate surface area is 759 Å². The zero-order valence-electron chi connectivity index (χ0n) is 77.4. The van der Waals surface area contributed by atoms with Crippen LogP contribution in [0, 0.1) is 29.6 Å². The number of hydrogen-bond donors (Lipinski definition) is 21. The lowest BCUT2D eigenvalue weighted by Crippen LogP contribution is -2.68. The minimum absolute atomic E-state index is 0.0216. The molecule has 2 aliphatic carbocycles. The van der Waals surface area contributed by atoms with Gasteiger partial charge < -0.3 is 190 Å². The van der Waals surface area contributed by atoms with Crippen molar-refractivity contribution >= 4 is 65.1 Å². The lowest BCUT2D eigenvalue weighted by molar-refractivity contribution is -0.326. The van der Waals surface area contributed by atoms with Crippen molar-refractivity contribution in [2.75, 3.05) is 45.9 Å². The maximum Gasteiger partial charge on any atom is 0.408 e. The molecule has 0 aromatic heterocycles. The number of amides is 5. The zero-order chi connectivity index (χ0) is 95.7. The van der Waals surface area contributed by atoms with Gasteiger partial charge in [0.05, 0.1) is 68.0 Å². The molecule has 8 fully saturated rings. The smallest absolute Gasteiger partial charge is 0.408 e. The number of carbonyl (C=O) groups excluding carboxylic acids is 5. The first kappa shape index (κ1) is 108. The van der Waals surface area contributed by atoms with Gasteiger partial charge in [-0.2, -0.15) is 0 Å². The molecule has 5 amide bonds. The molecule has 0 aromatic rings. The molecule has 6 aliphatic heterocycles. The first-order chi connectivity index (χ1) is 59.3. The van der Waals surface area contributed by atoms with Crippen molar-refractivity contribution in [1.82, 2.24) is 47.9 Å². The Morgan fingerprint density at radius 3 is 1.21 bits per heavy atom. The zero-order valence-corrected chi connectivity index (χ0v) is 79.1. The van der Waals surface area contributed by atoms with Crippen LogP contribution in [0.1, 0.15) is 184 Å². The Kier molecular flexibility index (Phi) is 38.3. The fraction of sp³-hybridized carbons (Fsp3) is 0.916. The molecule has 8 aliphatic rings. The van der Waals surface area contributed by atoms with Crippen molar-refractivity contribution in [3.8, 4) is 0 Å². The van der Waals surface area contributed by atoms with Crippen LogP contribution in [0.2, 0.25) is 0 Å². The van der Waals surface area contributed by atoms with Gasteiger partial charge in [0.2, 0.25) is 0 Å². The van der Waals surface area contributed by atoms with Gasteiger partial charge in [-0.25, -0.2) is 24.0 Å². The van der Waals surface area contributed by atoms with E-state index in [4.69, 9.17) is 105 Å². The molecule has 0 spiro atoms. The lowest BCUT2D eigenvalue weighted by Gasteiger charge is -2.48. The van der Waals surface area contributed by atoms with Crippen LogP contribution in [-0.4, -0.2) is 372 Å². The summed E-state index contributed by atoms with van der Waals surface area (Å²) in [5, 5.41) is 167. The molecule has 6 heterocycles. The Morgan fingerprint density at radius 1 is 0.359 bits per heavy atom. The highest BCUT2D eigenvalue weighted by Gasteiger charge is 2.61. The van der Waals surface area contributed by atoms with Crippen LogP contribution >= 0.6 is 24.4 Å². The van der Waals surface area contributed by atoms with E-state index in [1.54, 1.807) is 132 Å². The Morgan fingerprint density at radius 2 is 0.734 bits per heavy atom. The highest BCUT2D eigenvalue weighted by Crippen LogP contribution is 2.43. The number of nitrogens with one attached hydrogen (secondary N) is 9. The molecule has 128 heavy (non-hydrogen) atoms. The van der Waals surface area contributed by atoms with Gasteiger partial charge in [-0.1, -0.05) is 48.5 Å². The third kappa shape index (κ3) is 29.6. The largest absolute Gasteiger partial charge is 0.444 e. The Balaban J connectivity index is 1.02. The van der Waals surface area contributed by atoms with E-state index in [2.05, 4.69) is 47.9 Å². The third-order valence-electron chi connectivity index (χ3n) is 23.2. The van der Waals surface area contributed by atoms with Crippen LogP contribution in [0.25, 0.3) is 0 Å². The average molecular weight is 1880 g/mol. The SMILES string of the molecule is CCC1O[C@@H](OC2C(C)C[C@H](C)[C@H](O)C2O[C@@H]2OCC(CNC(=S)NCCCNC(=S)NC[C@H]3O[C@@H](O[C@H]4C(O[C@H]5OC(CNC(=O)OC(C)(C)C)C(O)[C@H](O)C5C)C(NC(=O)OC(C)(C)C)C[C@@H](NC(=O)OC(C)(C)C)C4O)[C@@H](O)C3O[C@H]3O[C@@H](CC)C(O)C(O)C3C)(O[C@@H]3O[C@H](CNC(=O)OC(C)(C)C)C(O)C(O)C3NC(=O)OC(C)(C)C)C2O)C(C)[C@@H](O)C1O. The molecule has 0 bridgehead atoms. The topological polar surface area (TPSA) is 593 Å². The summed E-state index contributed by atoms with van der Waals surface area (Å²) in [5.41, 5.74) is -7.14. The van der Waals surface area contributed by atoms with E-state index in [9.17, 15) is 85.3 Å². The molecule has 0 radical (unpaired) electrons. The van der Waals surface area contributed by atoms with Gasteiger partial charge in [-0.15, -0.1) is 0 Å². The van der Waals surface area contributed by atoms with Crippen molar-refractivity contribution in [1.29, 1.82) is 0 Å². The van der Waals surface area contributed by atoms with Crippen LogP contribution < -0.4 is 47.9 Å². The number of hydrogen-bond acceptors (Lipinski definition) is 36. The highest BCUT2D eigenvalue weighted by atomic mass is 32.1. The fourth-order valence-corrected chi connectivity index (χ4v) is 16.7. The van der Waals surface area contributed by atoms with E-state index >= 15 is 0 Å². The average Bonchev–Trinajstić information content (AvgIpc) is 1.51. The first-order valence-corrected chi connectivity index (χ1v) is 45.1. The minimum Gasteiger partial charge on any atom is -0.444 e. The third-order valence-corrected chi connectivity index (χ3v) is 23.7. The molecule has 6 saturated heterocycles. The van der Waals surface area contributed by atoms with Crippen LogP contribution in [0.5, 0.6) is 0 Å². The summed E-state index contributed by atoms with van der Waals surface area (Å²) in [4.78, 5) is 67.2. The van der Waals surface area contributed by atoms with Crippen molar-refractivity contribution in [2.24, 2.45) is 29.6 Å². The van der Waals surface area contributed by atoms with Crippen LogP contribution in [-0.2, 0) is 80.5 Å². The summed E-state index contributed by atoms with van der Waals surface area (Å²) >= 11 is 11.6. The second-order valence-corrected chi connectivity index (χ2v) is 40.6. The van der Waals surface area contributed by atoms with Crippen LogP contribution in [0.3, 0.4) is 0 Å². The predicted molar refractivity (Wildman–Crippen MR) is 459 cm³/mol. The van der Waals surface area contributed by atoms with Gasteiger partial charge in [0.25, 0.3) is 0 Å². The molecule has 0 aromatic carbocycles. The fourth-order valence-electron chi connectivity index (χ4n) is 16.4. The monoisotopic (exact) mass is 1880 g/mol. The maximum absolute atomic E-state index is 14.0. The van der Waals surface area contributed by atoms with Crippen LogP contribution in [0.15, 0.2) is 0 Å². The number of alkyl carbamates (subject to hydrolysis) is 5. The molecule has 45 heteroatoms. The Bertz CT molecular complexity index is 3580. The lowest BCUT2D eigenvalue weighted by atomic mass is 9.77. The van der Waals surface area contributed by atoms with Gasteiger partial charge in [0.1, 0.15) is 131 Å². The molecule has 37 atom stereocenters. The Hall–Kier alpha value is -5.23. The quantitative estimate of drug-likeness (QED) is 0.0263. The standard InChI is InChI=1S/C83H147N9O34S2/c1-23-42-53(98)49(94)37(5)65(111-42)116-59-36(4)28-35(3)48(93)62(59)120-70-64(104)83(34-110-70,121-68-47(92-77(109)126-82(20,21)22)57(102)56(101)45(114-68)31-88-74(106)123-79(11,12)13)33-89-72(128)85-27-25-26-84-71(127)86-32-46-61(118-66-38(6)50(95)54(99)43(24-2)112-66)58(103)69(115-46)119-63-52(97)40(90-75(107)124-80(14,15)16)29-41(91-76(108)125-81(17,18)19)60(63)117-67-39(7)51(96)55(100)44(113-67)30-87-73(105)122-78(8,9)10/h35-70,93-104H,23-34H2,1-22H3,(H,87,105)(H,88,106)(H,90,107)(H,91,108)(H,92,109)(H2,84,86,127)(H2,85,89,128)/t35-,36?,37?,38?,39?,40+,41?,42?,43-,44?,45+,46+,47?,48-,49+,50?,51+,52?,53?,54?,55?,56?,57?,58-,59?,60?,61?,62?,63+,64?,65-,66+,67+,68-,69-,70-,83?/m0/s1. The first-order valence-electron chi connectivity index (χ1n) is 44.3. The molecular weight excluding hydrogens is 1730 g/mol. The molecule has 2 saturated carbocycles. The van der Waals surface area contributed by atoms with Crippen molar-refractivity contribution in [2.45, 2.75) is 408 Å². The van der Waals surface area contributed by atoms with Crippen molar-refractivity contribution < 1.29 is 166 Å². The molecule has 740 valence electrons. The molecule has 21 N–H and O–H groups in total. The normalized spacial score (nSPS) is 39.6. The minimum atomic E-state index is -2.07. The summed E-state index contributed by atoms with van der Waals surface area (Å²) in [5.74, 6) is -3.50. The molecule has 43 nitrogen and oxygen atoms in total. The van der Waals surface area contributed by atoms with E-state index in [-0.39, 0.29) is 55.0 Å². The van der Waals surface area contributed by atoms with Gasteiger partial charge >= 0.3 is 30.5 Å². The van der Waals surface area contributed by atoms with Gasteiger partial charge in [-0.3, -0.25) is 0 Å². The van der Waals surface area contributed by atoms with Gasteiger partial charge in [0.15, 0.2) is 48.0 Å². The number of aliphatic hydroxyl groups excluding tert-OH is 12. The number of aliphatic hydroxyl groups is 12. The van der Waals surface area contributed by atoms with Crippen LogP contribution in [0.4, 0.5) is 24.0 Å². The highest BCUT2D eigenvalue weighted by molar-refractivity contribution is 7.80. The summed E-state index contributed by atoms with van der Waals surface area (Å²) in [7, 11) is 0. The van der Waals surface area contributed by atoms with E-state index in [0.717, 1.165) is 0 Å². The number of thiocarbonyl (C=S) groups is 2. The molecule has 8 rings (SSSR count). The summed E-state index contributed by atoms with van der Waals surface area (Å²) in [6.07, 6.45) is -44.9. The summed E-state index contributed by atoms with van der Waals surface area (Å²) in [6.45, 7) is 34.3. The second-order valence-electron chi connectivity index (χ2n) is 39.8. The maximum atomic E-state index is 14.0. The van der Waals surface area contributed by atoms with E-state index in [1.165, 1.54) is 6.92 Å². The number of carbonyl (C=O) groups is 5. The summed E-state index contributed by atoms with van der Waals surface area (Å²) in [6, 6.07) is -4.36. The second kappa shape index (κ2) is 45.4. The van der Waals surface area contributed by atoms with Crippen molar-refractivity contribution in [3.05, 3.63) is 0 Å². The van der Waals surface area contributed by atoms with E-state index in [0.29, 0.717) is 12.8 Å². The molecule has 21 unspecified atom stereocenters. The number of rotatable bonds is 29. The predicted octanol–water partition coefficient (Wildman–Crippen LogP) is -0.165. The van der Waals surface area contributed by atoms with E-state index in [1.807, 2.05) is 13.8 Å². The van der Waals surface area contributed by atoms with E-state index < -0.39 is 304 Å². The summed E-state index contributed by atoms with van der Waals surface area (Å²) < 4.78 is 106. The van der Waals surface area contributed by atoms with Gasteiger partial charge in [0, 0.05) is 50.5 Å². The van der Waals surface area contributed by atoms with Crippen molar-refractivity contribution in [3.63, 3.8) is 0 Å². The number of ether oxygens (including phenoxy) is 17. The van der Waals surface area contributed by atoms with Gasteiger partial charge in [-0.05, 0) is 172 Å².